The van der Waals surface area contributed by atoms with Gasteiger partial charge in [-0.3, -0.25) is 9.13 Å². The van der Waals surface area contributed by atoms with Gasteiger partial charge in [0.15, 0.2) is 5.65 Å². The molecule has 0 saturated carbocycles. The maximum Gasteiger partial charge on any atom is 0.451 e. The lowest BCUT2D eigenvalue weighted by molar-refractivity contribution is -0.144. The summed E-state index contributed by atoms with van der Waals surface area (Å²) in [6.45, 7) is 32.5. The molecule has 1 N–H and O–H groups in total. The van der Waals surface area contributed by atoms with Crippen LogP contribution in [0.3, 0.4) is 0 Å². The topological polar surface area (TPSA) is 81.7 Å². The smallest absolute Gasteiger partial charge is 0.451 e. The van der Waals surface area contributed by atoms with E-state index in [-0.39, 0.29) is 33.2 Å². The molecule has 0 spiro atoms. The Morgan fingerprint density at radius 2 is 0.911 bits per heavy atom. The van der Waals surface area contributed by atoms with Gasteiger partial charge in [-0.25, -0.2) is 19.9 Å². The van der Waals surface area contributed by atoms with Crippen LogP contribution < -0.4 is 0 Å². The van der Waals surface area contributed by atoms with Crippen molar-refractivity contribution in [3.8, 4) is 73.3 Å². The first-order valence-electron chi connectivity index (χ1n) is 27.2. The Balaban J connectivity index is 1.32. The fraction of sp³-hybridized carbons (Fsp3) is 0.304. The second-order valence-corrected chi connectivity index (χ2v) is 26.3. The van der Waals surface area contributed by atoms with Gasteiger partial charge in [-0.15, -0.1) is 0 Å². The summed E-state index contributed by atoms with van der Waals surface area (Å²) in [6, 6.07) is 49.9. The van der Waals surface area contributed by atoms with Crippen LogP contribution >= 0.6 is 0 Å². The van der Waals surface area contributed by atoms with Crippen molar-refractivity contribution in [2.24, 2.45) is 0 Å². The van der Waals surface area contributed by atoms with E-state index in [1.54, 1.807) is 4.57 Å². The molecule has 0 aliphatic rings. The molecule has 0 aliphatic heterocycles. The molecule has 0 bridgehead atoms. The van der Waals surface area contributed by atoms with Crippen LogP contribution in [0.2, 0.25) is 0 Å². The van der Waals surface area contributed by atoms with E-state index in [0.717, 1.165) is 66.8 Å². The minimum atomic E-state index is -4.81. The van der Waals surface area contributed by atoms with Crippen LogP contribution in [0.15, 0.2) is 152 Å². The second-order valence-electron chi connectivity index (χ2n) is 26.3. The predicted molar refractivity (Wildman–Crippen MR) is 319 cm³/mol. The highest BCUT2D eigenvalue weighted by Gasteiger charge is 2.36. The number of hydrogen-bond acceptors (Lipinski definition) is 5. The van der Waals surface area contributed by atoms with E-state index in [0.29, 0.717) is 34.0 Å². The summed E-state index contributed by atoms with van der Waals surface area (Å²) >= 11 is 0. The van der Waals surface area contributed by atoms with Gasteiger partial charge in [0.05, 0.1) is 34.2 Å². The van der Waals surface area contributed by atoms with Crippen LogP contribution in [0.1, 0.15) is 137 Å². The monoisotopic (exact) mass is 1060 g/mol. The lowest BCUT2D eigenvalue weighted by atomic mass is 9.79. The van der Waals surface area contributed by atoms with Crippen LogP contribution in [0, 0.1) is 0 Å². The largest absolute Gasteiger partial charge is 0.507 e. The standard InChI is InChI=1S/C69H71F3N6O/c1-64(2,3)45-29-31-55(50(36-45)41-23-18-16-19-24-41)77-57-28-22-27-49(58(57)75-61(77)52-38-48(67(10,11)12)39-53(59(52)79)68(13,14)15)43-33-44(35-47(34-43)66(7,8)9)60-74-54-40-73-63(69(70,71)72)76-62(54)78(60)56-32-30-46(65(4,5)6)37-51(56)42-25-20-17-21-26-42/h16-40,79H,1-15H3. The van der Waals surface area contributed by atoms with Gasteiger partial charge in [-0.1, -0.05) is 201 Å². The van der Waals surface area contributed by atoms with Crippen molar-refractivity contribution in [3.63, 3.8) is 0 Å². The van der Waals surface area contributed by atoms with Crippen LogP contribution in [-0.4, -0.2) is 34.2 Å². The Bertz CT molecular complexity index is 3960. The highest BCUT2D eigenvalue weighted by molar-refractivity contribution is 5.98. The summed E-state index contributed by atoms with van der Waals surface area (Å²) in [5, 5.41) is 12.7. The molecule has 10 rings (SSSR count). The fourth-order valence-corrected chi connectivity index (χ4v) is 10.4. The SMILES string of the molecule is CC(C)(C)c1cc(-c2cccc3c2nc(-c2cc(C(C)(C)C)cc(C(C)(C)C)c2O)n3-c2ccc(C(C)(C)C)cc2-c2ccccc2)cc(-c2nc3cnc(C(F)(F)F)nc3n2-c2ccc(C(C)(C)C)cc2-c2ccccc2)c1. The molecule has 0 amide bonds. The van der Waals surface area contributed by atoms with Gasteiger partial charge < -0.3 is 5.11 Å². The number of nitrogens with zero attached hydrogens (tertiary/aromatic N) is 6. The number of aromatic hydroxyl groups is 1. The predicted octanol–water partition coefficient (Wildman–Crippen LogP) is 18.7. The molecule has 0 saturated heterocycles. The summed E-state index contributed by atoms with van der Waals surface area (Å²) in [7, 11) is 0. The molecule has 3 aromatic heterocycles. The number of imidazole rings is 2. The third-order valence-corrected chi connectivity index (χ3v) is 15.1. The summed E-state index contributed by atoms with van der Waals surface area (Å²) in [5.74, 6) is -0.0959. The van der Waals surface area contributed by atoms with E-state index in [1.807, 2.05) is 54.6 Å². The van der Waals surface area contributed by atoms with E-state index < -0.39 is 22.8 Å². The molecule has 404 valence electrons. The normalized spacial score (nSPS) is 13.0. The van der Waals surface area contributed by atoms with Crippen LogP contribution in [0.25, 0.3) is 89.7 Å². The molecule has 0 fully saturated rings. The molecule has 0 aliphatic carbocycles. The molecule has 0 radical (unpaired) electrons. The van der Waals surface area contributed by atoms with E-state index in [9.17, 15) is 18.3 Å². The number of alkyl halides is 3. The first-order chi connectivity index (χ1) is 36.9. The number of hydrogen-bond donors (Lipinski definition) is 1. The third kappa shape index (κ3) is 10.4. The van der Waals surface area contributed by atoms with Gasteiger partial charge in [-0.2, -0.15) is 13.2 Å². The average molecular weight is 1060 g/mol. The summed E-state index contributed by atoms with van der Waals surface area (Å²) in [6.07, 6.45) is -3.63. The third-order valence-electron chi connectivity index (χ3n) is 15.1. The van der Waals surface area contributed by atoms with E-state index in [2.05, 4.69) is 209 Å². The summed E-state index contributed by atoms with van der Waals surface area (Å²) in [4.78, 5) is 18.9. The van der Waals surface area contributed by atoms with E-state index in [4.69, 9.17) is 9.97 Å². The molecule has 0 atom stereocenters. The number of phenols is 1. The van der Waals surface area contributed by atoms with Crippen molar-refractivity contribution in [1.82, 2.24) is 29.1 Å². The minimum Gasteiger partial charge on any atom is -0.507 e. The van der Waals surface area contributed by atoms with Crippen molar-refractivity contribution in [2.75, 3.05) is 0 Å². The van der Waals surface area contributed by atoms with Crippen LogP contribution in [-0.2, 0) is 33.3 Å². The fourth-order valence-electron chi connectivity index (χ4n) is 10.4. The van der Waals surface area contributed by atoms with Crippen LogP contribution in [0.5, 0.6) is 5.75 Å². The number of rotatable bonds is 7. The summed E-state index contributed by atoms with van der Waals surface area (Å²) in [5.41, 5.74) is 13.6. The average Bonchev–Trinajstić information content (AvgIpc) is 4.02. The Morgan fingerprint density at radius 3 is 1.43 bits per heavy atom. The molecule has 7 nitrogen and oxygen atoms in total. The Labute approximate surface area is 463 Å². The van der Waals surface area contributed by atoms with Crippen molar-refractivity contribution >= 4 is 22.2 Å². The first-order valence-corrected chi connectivity index (χ1v) is 27.2. The van der Waals surface area contributed by atoms with Gasteiger partial charge in [0, 0.05) is 27.8 Å². The Morgan fingerprint density at radius 1 is 0.405 bits per heavy atom. The molecule has 7 aromatic carbocycles. The Kier molecular flexibility index (Phi) is 13.3. The summed E-state index contributed by atoms with van der Waals surface area (Å²) < 4.78 is 48.0. The number of benzene rings is 7. The van der Waals surface area contributed by atoms with Gasteiger partial charge in [0.2, 0.25) is 5.82 Å². The number of halogens is 3. The lowest BCUT2D eigenvalue weighted by Crippen LogP contribution is -2.17. The molecule has 10 aromatic rings. The number of fused-ring (bicyclic) bond motifs is 2. The zero-order valence-corrected chi connectivity index (χ0v) is 48.2. The zero-order valence-electron chi connectivity index (χ0n) is 48.2. The van der Waals surface area contributed by atoms with E-state index in [1.165, 1.54) is 11.8 Å². The second kappa shape index (κ2) is 19.2. The molecular weight excluding hydrogens is 986 g/mol. The molecular formula is C69H71F3N6O. The number of aromatic nitrogens is 6. The van der Waals surface area contributed by atoms with Crippen LogP contribution in [0.4, 0.5) is 13.2 Å². The van der Waals surface area contributed by atoms with Crippen molar-refractivity contribution in [1.29, 1.82) is 0 Å². The van der Waals surface area contributed by atoms with E-state index >= 15 is 0 Å². The first kappa shape index (κ1) is 54.5. The molecule has 3 heterocycles. The number of phenolic OH excluding ortho intramolecular Hbond substituents is 1. The van der Waals surface area contributed by atoms with Gasteiger partial charge >= 0.3 is 6.18 Å². The van der Waals surface area contributed by atoms with Gasteiger partial charge in [0.25, 0.3) is 0 Å². The van der Waals surface area contributed by atoms with Gasteiger partial charge in [-0.05, 0) is 115 Å². The number of para-hydroxylation sites is 1. The molecule has 0 unspecified atom stereocenters. The van der Waals surface area contributed by atoms with Crippen molar-refractivity contribution < 1.29 is 18.3 Å². The van der Waals surface area contributed by atoms with Gasteiger partial charge in [0.1, 0.15) is 22.9 Å². The maximum absolute atomic E-state index is 14.7. The van der Waals surface area contributed by atoms with Crippen molar-refractivity contribution in [3.05, 3.63) is 185 Å². The minimum absolute atomic E-state index is 0.0323. The lowest BCUT2D eigenvalue weighted by Gasteiger charge is -2.28. The molecule has 10 heteroatoms. The highest BCUT2D eigenvalue weighted by atomic mass is 19.4. The zero-order chi connectivity index (χ0) is 56.9. The highest BCUT2D eigenvalue weighted by Crippen LogP contribution is 2.47. The quantitative estimate of drug-likeness (QED) is 0.172. The Hall–Kier alpha value is -7.85. The maximum atomic E-state index is 14.7. The van der Waals surface area contributed by atoms with Crippen molar-refractivity contribution in [2.45, 2.75) is 137 Å². The molecule has 79 heavy (non-hydrogen) atoms.